The van der Waals surface area contributed by atoms with E-state index in [1.54, 1.807) is 16.7 Å². The molecule has 2 aromatic rings. The lowest BCUT2D eigenvalue weighted by atomic mass is 9.95. The molecule has 0 saturated heterocycles. The summed E-state index contributed by atoms with van der Waals surface area (Å²) in [6.07, 6.45) is 5.61. The highest BCUT2D eigenvalue weighted by Gasteiger charge is 2.17. The number of nitrogens with one attached hydrogen (secondary N) is 1. The molecule has 1 aromatic carbocycles. The smallest absolute Gasteiger partial charge is 0.332 e. The molecule has 2 N–H and O–H groups in total. The topological polar surface area (TPSA) is 76.3 Å². The van der Waals surface area contributed by atoms with Crippen LogP contribution in [-0.2, 0) is 13.1 Å². The van der Waals surface area contributed by atoms with E-state index >= 15 is 0 Å². The van der Waals surface area contributed by atoms with E-state index in [4.69, 9.17) is 11.6 Å². The van der Waals surface area contributed by atoms with E-state index in [-0.39, 0.29) is 19.2 Å². The number of aliphatic hydroxyl groups excluding tert-OH is 1. The van der Waals surface area contributed by atoms with Crippen molar-refractivity contribution in [2.75, 3.05) is 11.9 Å². The van der Waals surface area contributed by atoms with Crippen LogP contribution in [0.3, 0.4) is 0 Å². The summed E-state index contributed by atoms with van der Waals surface area (Å²) in [6.45, 7) is 0.0598. The van der Waals surface area contributed by atoms with Gasteiger partial charge in [0.15, 0.2) is 0 Å². The summed E-state index contributed by atoms with van der Waals surface area (Å²) >= 11 is 5.94. The molecule has 1 fully saturated rings. The highest BCUT2D eigenvalue weighted by Crippen LogP contribution is 2.21. The van der Waals surface area contributed by atoms with Crippen molar-refractivity contribution in [1.82, 2.24) is 9.13 Å². The summed E-state index contributed by atoms with van der Waals surface area (Å²) in [6, 6.07) is 9.01. The minimum Gasteiger partial charge on any atom is -0.395 e. The van der Waals surface area contributed by atoms with E-state index in [1.807, 2.05) is 12.1 Å². The van der Waals surface area contributed by atoms with Gasteiger partial charge in [0, 0.05) is 17.1 Å². The van der Waals surface area contributed by atoms with Crippen LogP contribution in [0.2, 0.25) is 5.02 Å². The van der Waals surface area contributed by atoms with Crippen molar-refractivity contribution < 1.29 is 5.11 Å². The maximum Gasteiger partial charge on any atom is 0.332 e. The van der Waals surface area contributed by atoms with Gasteiger partial charge in [-0.1, -0.05) is 43.0 Å². The molecule has 0 aliphatic heterocycles. The van der Waals surface area contributed by atoms with Crippen LogP contribution in [-0.4, -0.2) is 26.9 Å². The Balaban J connectivity index is 1.99. The quantitative estimate of drug-likeness (QED) is 0.810. The van der Waals surface area contributed by atoms with Crippen molar-refractivity contribution in [2.24, 2.45) is 0 Å². The zero-order valence-electron chi connectivity index (χ0n) is 14.7. The number of benzene rings is 1. The highest BCUT2D eigenvalue weighted by molar-refractivity contribution is 6.30. The van der Waals surface area contributed by atoms with Gasteiger partial charge in [0.1, 0.15) is 5.82 Å². The number of aliphatic hydroxyl groups is 1. The molecule has 0 amide bonds. The Morgan fingerprint density at radius 3 is 2.42 bits per heavy atom. The third kappa shape index (κ3) is 4.37. The standard InChI is InChI=1S/C19H24ClN3O3/c20-15-8-6-14(7-9-15)13-23-17(21-16-4-2-1-3-5-16)12-18(25)22(10-11-24)19(23)26/h6-9,12,16,21,24H,1-5,10-11,13H2. The van der Waals surface area contributed by atoms with Crippen molar-refractivity contribution in [3.8, 4) is 0 Å². The van der Waals surface area contributed by atoms with Gasteiger partial charge in [0.25, 0.3) is 5.56 Å². The first-order chi connectivity index (χ1) is 12.6. The number of rotatable bonds is 6. The van der Waals surface area contributed by atoms with Gasteiger partial charge in [0.05, 0.1) is 19.7 Å². The fourth-order valence-corrected chi connectivity index (χ4v) is 3.55. The first-order valence-corrected chi connectivity index (χ1v) is 9.43. The summed E-state index contributed by atoms with van der Waals surface area (Å²) in [5.41, 5.74) is 0.104. The van der Waals surface area contributed by atoms with Crippen molar-refractivity contribution in [3.05, 3.63) is 61.8 Å². The molecule has 1 saturated carbocycles. The lowest BCUT2D eigenvalue weighted by molar-refractivity contribution is 0.270. The van der Waals surface area contributed by atoms with Gasteiger partial charge in [-0.05, 0) is 30.5 Å². The van der Waals surface area contributed by atoms with Gasteiger partial charge in [-0.25, -0.2) is 4.79 Å². The van der Waals surface area contributed by atoms with E-state index in [0.29, 0.717) is 17.4 Å². The maximum atomic E-state index is 12.9. The molecule has 26 heavy (non-hydrogen) atoms. The molecule has 0 bridgehead atoms. The lowest BCUT2D eigenvalue weighted by Crippen LogP contribution is -2.42. The predicted octanol–water partition coefficient (Wildman–Crippen LogP) is 2.45. The Morgan fingerprint density at radius 2 is 1.77 bits per heavy atom. The van der Waals surface area contributed by atoms with Gasteiger partial charge >= 0.3 is 5.69 Å². The van der Waals surface area contributed by atoms with Gasteiger partial charge in [-0.3, -0.25) is 13.9 Å². The minimum absolute atomic E-state index is 0.0119. The molecule has 1 heterocycles. The molecular weight excluding hydrogens is 354 g/mol. The molecule has 7 heteroatoms. The van der Waals surface area contributed by atoms with Gasteiger partial charge in [-0.2, -0.15) is 0 Å². The SMILES string of the molecule is O=c1cc(NC2CCCCC2)n(Cc2ccc(Cl)cc2)c(=O)n1CCO. The molecule has 0 unspecified atom stereocenters. The predicted molar refractivity (Wildman–Crippen MR) is 103 cm³/mol. The number of nitrogens with zero attached hydrogens (tertiary/aromatic N) is 2. The molecule has 3 rings (SSSR count). The lowest BCUT2D eigenvalue weighted by Gasteiger charge is -2.26. The van der Waals surface area contributed by atoms with E-state index in [9.17, 15) is 14.7 Å². The zero-order valence-corrected chi connectivity index (χ0v) is 15.4. The Morgan fingerprint density at radius 1 is 1.08 bits per heavy atom. The molecule has 0 radical (unpaired) electrons. The second-order valence-electron chi connectivity index (χ2n) is 6.72. The molecule has 1 aliphatic carbocycles. The minimum atomic E-state index is -0.417. The van der Waals surface area contributed by atoms with Gasteiger partial charge in [0.2, 0.25) is 0 Å². The molecule has 0 atom stereocenters. The van der Waals surface area contributed by atoms with Crippen LogP contribution in [0.1, 0.15) is 37.7 Å². The fourth-order valence-electron chi connectivity index (χ4n) is 3.42. The summed E-state index contributed by atoms with van der Waals surface area (Å²) in [5, 5.41) is 13.2. The first kappa shape index (κ1) is 18.7. The molecule has 0 spiro atoms. The van der Waals surface area contributed by atoms with Crippen LogP contribution in [0.15, 0.2) is 39.9 Å². The van der Waals surface area contributed by atoms with Crippen molar-refractivity contribution >= 4 is 17.4 Å². The number of aromatic nitrogens is 2. The third-order valence-electron chi connectivity index (χ3n) is 4.81. The largest absolute Gasteiger partial charge is 0.395 e. The zero-order chi connectivity index (χ0) is 18.5. The first-order valence-electron chi connectivity index (χ1n) is 9.05. The number of hydrogen-bond acceptors (Lipinski definition) is 4. The number of anilines is 1. The third-order valence-corrected chi connectivity index (χ3v) is 5.07. The van der Waals surface area contributed by atoms with Crippen LogP contribution in [0.5, 0.6) is 0 Å². The van der Waals surface area contributed by atoms with Crippen LogP contribution in [0.4, 0.5) is 5.82 Å². The van der Waals surface area contributed by atoms with Crippen LogP contribution in [0.25, 0.3) is 0 Å². The Bertz CT molecular complexity index is 852. The Kier molecular flexibility index (Phi) is 6.16. The molecular formula is C19H24ClN3O3. The Hall–Kier alpha value is -2.05. The van der Waals surface area contributed by atoms with Crippen molar-refractivity contribution in [1.29, 1.82) is 0 Å². The molecule has 1 aromatic heterocycles. The monoisotopic (exact) mass is 377 g/mol. The molecule has 140 valence electrons. The average Bonchev–Trinajstić information content (AvgIpc) is 2.64. The van der Waals surface area contributed by atoms with Gasteiger partial charge in [-0.15, -0.1) is 0 Å². The Labute approximate surface area is 157 Å². The van der Waals surface area contributed by atoms with Gasteiger partial charge < -0.3 is 10.4 Å². The summed E-state index contributed by atoms with van der Waals surface area (Å²) in [4.78, 5) is 25.2. The second kappa shape index (κ2) is 8.56. The normalized spacial score (nSPS) is 15.2. The highest BCUT2D eigenvalue weighted by atomic mass is 35.5. The van der Waals surface area contributed by atoms with E-state index in [1.165, 1.54) is 12.5 Å². The molecule has 6 nitrogen and oxygen atoms in total. The van der Waals surface area contributed by atoms with E-state index in [2.05, 4.69) is 5.32 Å². The molecule has 1 aliphatic rings. The summed E-state index contributed by atoms with van der Waals surface area (Å²) in [5.74, 6) is 0.538. The number of hydrogen-bond donors (Lipinski definition) is 2. The second-order valence-corrected chi connectivity index (χ2v) is 7.15. The summed E-state index contributed by atoms with van der Waals surface area (Å²) in [7, 11) is 0. The maximum absolute atomic E-state index is 12.9. The van der Waals surface area contributed by atoms with E-state index in [0.717, 1.165) is 35.8 Å². The summed E-state index contributed by atoms with van der Waals surface area (Å²) < 4.78 is 2.64. The average molecular weight is 378 g/mol. The van der Waals surface area contributed by atoms with E-state index < -0.39 is 11.2 Å². The van der Waals surface area contributed by atoms with Crippen LogP contribution < -0.4 is 16.6 Å². The van der Waals surface area contributed by atoms with Crippen molar-refractivity contribution in [3.63, 3.8) is 0 Å². The number of halogens is 1. The van der Waals surface area contributed by atoms with Crippen molar-refractivity contribution in [2.45, 2.75) is 51.2 Å². The fraction of sp³-hybridized carbons (Fsp3) is 0.474. The van der Waals surface area contributed by atoms with Crippen LogP contribution in [0, 0.1) is 0 Å². The van der Waals surface area contributed by atoms with Crippen LogP contribution >= 0.6 is 11.6 Å².